The number of benzene rings is 2. The van der Waals surface area contributed by atoms with Gasteiger partial charge in [-0.15, -0.1) is 0 Å². The summed E-state index contributed by atoms with van der Waals surface area (Å²) in [4.78, 5) is 12.8. The summed E-state index contributed by atoms with van der Waals surface area (Å²) in [5, 5.41) is 3.06. The number of para-hydroxylation sites is 1. The first-order chi connectivity index (χ1) is 12.0. The maximum Gasteiger partial charge on any atom is 0.267 e. The van der Waals surface area contributed by atoms with Crippen LogP contribution in [0.1, 0.15) is 58.2 Å². The van der Waals surface area contributed by atoms with Crippen LogP contribution in [0.2, 0.25) is 0 Å². The average Bonchev–Trinajstić information content (AvgIpc) is 2.55. The van der Waals surface area contributed by atoms with Gasteiger partial charge >= 0.3 is 0 Å². The predicted octanol–water partition coefficient (Wildman–Crippen LogP) is 5.65. The van der Waals surface area contributed by atoms with Crippen molar-refractivity contribution in [2.24, 2.45) is 0 Å². The molecule has 0 saturated carbocycles. The molecule has 0 radical (unpaired) electrons. The normalized spacial score (nSPS) is 12.0. The molecule has 0 fully saturated rings. The molecule has 0 aliphatic heterocycles. The Bertz CT molecular complexity index is 768. The second kappa shape index (κ2) is 7.53. The third-order valence-corrected chi connectivity index (χ3v) is 4.62. The highest BCUT2D eigenvalue weighted by atomic mass is 16.5. The van der Waals surface area contributed by atoms with Crippen molar-refractivity contribution in [3.63, 3.8) is 0 Å². The molecule has 26 heavy (non-hydrogen) atoms. The number of amides is 1. The Kier molecular flexibility index (Phi) is 5.80. The first kappa shape index (κ1) is 20.0. The molecular formula is C23H31NO2. The van der Waals surface area contributed by atoms with E-state index in [-0.39, 0.29) is 11.3 Å². The van der Waals surface area contributed by atoms with Crippen LogP contribution in [0.25, 0.3) is 0 Å². The van der Waals surface area contributed by atoms with E-state index in [1.807, 2.05) is 37.3 Å². The van der Waals surface area contributed by atoms with E-state index in [1.165, 1.54) is 5.56 Å². The molecule has 0 atom stereocenters. The lowest BCUT2D eigenvalue weighted by Crippen LogP contribution is -2.42. The lowest BCUT2D eigenvalue weighted by molar-refractivity contribution is -0.128. The monoisotopic (exact) mass is 353 g/mol. The Morgan fingerprint density at radius 1 is 1.00 bits per heavy atom. The van der Waals surface area contributed by atoms with Crippen molar-refractivity contribution < 1.29 is 9.53 Å². The first-order valence-corrected chi connectivity index (χ1v) is 9.24. The summed E-state index contributed by atoms with van der Waals surface area (Å²) in [5.41, 5.74) is 3.43. The minimum absolute atomic E-state index is 0.0901. The van der Waals surface area contributed by atoms with Gasteiger partial charge < -0.3 is 10.1 Å². The molecule has 2 aromatic carbocycles. The largest absolute Gasteiger partial charge is 0.478 e. The average molecular weight is 354 g/mol. The molecule has 0 aliphatic rings. The zero-order chi connectivity index (χ0) is 19.5. The van der Waals surface area contributed by atoms with E-state index >= 15 is 0 Å². The lowest BCUT2D eigenvalue weighted by Gasteiger charge is -2.27. The van der Waals surface area contributed by atoms with Gasteiger partial charge in [-0.3, -0.25) is 4.79 Å². The van der Waals surface area contributed by atoms with Crippen LogP contribution in [0.15, 0.2) is 42.5 Å². The molecule has 0 aromatic heterocycles. The van der Waals surface area contributed by atoms with Gasteiger partial charge in [0.2, 0.25) is 0 Å². The fourth-order valence-electron chi connectivity index (χ4n) is 2.83. The van der Waals surface area contributed by atoms with Crippen LogP contribution in [0.5, 0.6) is 5.75 Å². The van der Waals surface area contributed by atoms with Gasteiger partial charge in [-0.25, -0.2) is 0 Å². The fourth-order valence-corrected chi connectivity index (χ4v) is 2.83. The van der Waals surface area contributed by atoms with Gasteiger partial charge in [-0.2, -0.15) is 0 Å². The van der Waals surface area contributed by atoms with Crippen molar-refractivity contribution in [1.82, 2.24) is 0 Å². The van der Waals surface area contributed by atoms with Crippen LogP contribution in [0, 0.1) is 6.92 Å². The van der Waals surface area contributed by atoms with Crippen LogP contribution < -0.4 is 10.1 Å². The molecule has 0 saturated heterocycles. The number of carbonyl (C=O) groups excluding carboxylic acids is 1. The van der Waals surface area contributed by atoms with E-state index in [1.54, 1.807) is 13.8 Å². The molecule has 2 aromatic rings. The van der Waals surface area contributed by atoms with Gasteiger partial charge in [0.15, 0.2) is 5.60 Å². The third kappa shape index (κ3) is 4.66. The highest BCUT2D eigenvalue weighted by Crippen LogP contribution is 2.27. The summed E-state index contributed by atoms with van der Waals surface area (Å²) in [7, 11) is 0. The molecule has 1 N–H and O–H groups in total. The number of ether oxygens (including phenoxy) is 1. The van der Waals surface area contributed by atoms with Crippen molar-refractivity contribution in [3.05, 3.63) is 59.2 Å². The molecule has 3 heteroatoms. The van der Waals surface area contributed by atoms with E-state index in [0.717, 1.165) is 23.2 Å². The zero-order valence-electron chi connectivity index (χ0n) is 17.1. The van der Waals surface area contributed by atoms with Crippen molar-refractivity contribution in [3.8, 4) is 5.75 Å². The van der Waals surface area contributed by atoms with Gasteiger partial charge in [-0.05, 0) is 61.4 Å². The summed E-state index contributed by atoms with van der Waals surface area (Å²) < 4.78 is 6.00. The number of anilines is 1. The van der Waals surface area contributed by atoms with E-state index in [4.69, 9.17) is 4.74 Å². The molecule has 3 nitrogen and oxygen atoms in total. The minimum atomic E-state index is -0.976. The van der Waals surface area contributed by atoms with Crippen LogP contribution in [0.4, 0.5) is 5.69 Å². The van der Waals surface area contributed by atoms with Gasteiger partial charge in [0, 0.05) is 5.69 Å². The maximum atomic E-state index is 12.8. The maximum absolute atomic E-state index is 12.8. The van der Waals surface area contributed by atoms with Crippen LogP contribution in [0.3, 0.4) is 0 Å². The SMILES string of the molecule is CCc1cccc(C)c1NC(=O)C(C)(C)Oc1ccc(C(C)(C)C)cc1. The quantitative estimate of drug-likeness (QED) is 0.754. The highest BCUT2D eigenvalue weighted by Gasteiger charge is 2.31. The molecule has 0 aliphatic carbocycles. The standard InChI is InChI=1S/C23H31NO2/c1-8-17-11-9-10-16(2)20(17)24-21(25)23(6,7)26-19-14-12-18(13-15-19)22(3,4)5/h9-15H,8H2,1-7H3,(H,24,25). The Morgan fingerprint density at radius 3 is 2.15 bits per heavy atom. The Balaban J connectivity index is 2.16. The molecule has 140 valence electrons. The summed E-state index contributed by atoms with van der Waals surface area (Å²) >= 11 is 0. The van der Waals surface area contributed by atoms with E-state index in [2.05, 4.69) is 45.1 Å². The second-order valence-corrected chi connectivity index (χ2v) is 8.30. The number of aryl methyl sites for hydroxylation is 2. The fraction of sp³-hybridized carbons (Fsp3) is 0.435. The van der Waals surface area contributed by atoms with Gasteiger partial charge in [0.1, 0.15) is 5.75 Å². The minimum Gasteiger partial charge on any atom is -0.478 e. The molecule has 0 spiro atoms. The van der Waals surface area contributed by atoms with Crippen molar-refractivity contribution in [2.75, 3.05) is 5.32 Å². The summed E-state index contributed by atoms with van der Waals surface area (Å²) in [6, 6.07) is 14.0. The summed E-state index contributed by atoms with van der Waals surface area (Å²) in [6.07, 6.45) is 0.868. The Labute approximate surface area is 157 Å². The molecule has 0 bridgehead atoms. The summed E-state index contributed by atoms with van der Waals surface area (Å²) in [5.74, 6) is 0.542. The molecule has 2 rings (SSSR count). The molecule has 0 unspecified atom stereocenters. The van der Waals surface area contributed by atoms with E-state index < -0.39 is 5.60 Å². The zero-order valence-corrected chi connectivity index (χ0v) is 17.1. The molecule has 0 heterocycles. The van der Waals surface area contributed by atoms with Crippen molar-refractivity contribution in [2.45, 2.75) is 65.9 Å². The van der Waals surface area contributed by atoms with Crippen LogP contribution >= 0.6 is 0 Å². The third-order valence-electron chi connectivity index (χ3n) is 4.62. The summed E-state index contributed by atoms with van der Waals surface area (Å²) in [6.45, 7) is 14.2. The molecular weight excluding hydrogens is 322 g/mol. The van der Waals surface area contributed by atoms with E-state index in [9.17, 15) is 4.79 Å². The van der Waals surface area contributed by atoms with Gasteiger partial charge in [-0.1, -0.05) is 58.0 Å². The van der Waals surface area contributed by atoms with Crippen LogP contribution in [-0.4, -0.2) is 11.5 Å². The Hall–Kier alpha value is -2.29. The van der Waals surface area contributed by atoms with Gasteiger partial charge in [0.05, 0.1) is 0 Å². The van der Waals surface area contributed by atoms with Crippen molar-refractivity contribution >= 4 is 11.6 Å². The topological polar surface area (TPSA) is 38.3 Å². The van der Waals surface area contributed by atoms with Crippen LogP contribution in [-0.2, 0) is 16.6 Å². The first-order valence-electron chi connectivity index (χ1n) is 9.24. The number of nitrogens with one attached hydrogen (secondary N) is 1. The predicted molar refractivity (Wildman–Crippen MR) is 109 cm³/mol. The van der Waals surface area contributed by atoms with Crippen molar-refractivity contribution in [1.29, 1.82) is 0 Å². The molecule has 1 amide bonds. The number of rotatable bonds is 5. The Morgan fingerprint density at radius 2 is 1.62 bits per heavy atom. The van der Waals surface area contributed by atoms with Gasteiger partial charge in [0.25, 0.3) is 5.91 Å². The number of hydrogen-bond donors (Lipinski definition) is 1. The highest BCUT2D eigenvalue weighted by molar-refractivity contribution is 5.98. The number of carbonyl (C=O) groups is 1. The van der Waals surface area contributed by atoms with E-state index in [0.29, 0.717) is 5.75 Å². The lowest BCUT2D eigenvalue weighted by atomic mass is 9.87. The number of hydrogen-bond acceptors (Lipinski definition) is 2. The smallest absolute Gasteiger partial charge is 0.267 e. The second-order valence-electron chi connectivity index (χ2n) is 8.30.